The maximum atomic E-state index is 9.72. The summed E-state index contributed by atoms with van der Waals surface area (Å²) in [6, 6.07) is 13.0. The number of anilines is 1. The summed E-state index contributed by atoms with van der Waals surface area (Å²) >= 11 is 3.38. The van der Waals surface area contributed by atoms with Gasteiger partial charge in [-0.15, -0.1) is 6.42 Å². The molecule has 2 aromatic carbocycles. The molecule has 0 saturated heterocycles. The molecule has 0 aliphatic rings. The van der Waals surface area contributed by atoms with Crippen molar-refractivity contribution in [2.24, 2.45) is 0 Å². The number of terminal acetylenes is 1. The van der Waals surface area contributed by atoms with Crippen molar-refractivity contribution >= 4 is 21.6 Å². The molecular weight excluding hydrogens is 290 g/mol. The van der Waals surface area contributed by atoms with E-state index in [1.165, 1.54) is 0 Å². The number of aromatic hydroxyl groups is 1. The Kier molecular flexibility index (Phi) is 3.91. The van der Waals surface area contributed by atoms with Crippen LogP contribution in [0.25, 0.3) is 0 Å². The molecule has 0 aromatic heterocycles. The van der Waals surface area contributed by atoms with Crippen LogP contribution in [0.5, 0.6) is 5.75 Å². The van der Waals surface area contributed by atoms with Crippen LogP contribution in [-0.2, 0) is 6.54 Å². The molecule has 0 atom stereocenters. The third-order valence-electron chi connectivity index (χ3n) is 2.55. The summed E-state index contributed by atoms with van der Waals surface area (Å²) in [5, 5.41) is 12.9. The van der Waals surface area contributed by atoms with Crippen LogP contribution in [0.15, 0.2) is 46.9 Å². The third-order valence-corrected chi connectivity index (χ3v) is 3.05. The van der Waals surface area contributed by atoms with E-state index in [9.17, 15) is 5.11 Å². The zero-order valence-corrected chi connectivity index (χ0v) is 11.2. The molecule has 0 saturated carbocycles. The van der Waals surface area contributed by atoms with Gasteiger partial charge in [0.25, 0.3) is 0 Å². The number of hydrogen-bond acceptors (Lipinski definition) is 2. The number of rotatable bonds is 3. The van der Waals surface area contributed by atoms with E-state index in [0.29, 0.717) is 6.54 Å². The molecule has 90 valence electrons. The van der Waals surface area contributed by atoms with Gasteiger partial charge in [-0.25, -0.2) is 0 Å². The van der Waals surface area contributed by atoms with Crippen molar-refractivity contribution in [1.29, 1.82) is 0 Å². The first-order valence-corrected chi connectivity index (χ1v) is 6.26. The Bertz CT molecular complexity index is 602. The van der Waals surface area contributed by atoms with Gasteiger partial charge in [-0.3, -0.25) is 0 Å². The number of phenolic OH excluding ortho intramolecular Hbond substituents is 1. The van der Waals surface area contributed by atoms with E-state index in [1.807, 2.05) is 30.3 Å². The normalized spacial score (nSPS) is 9.78. The summed E-state index contributed by atoms with van der Waals surface area (Å²) in [4.78, 5) is 0. The lowest BCUT2D eigenvalue weighted by Crippen LogP contribution is -1.99. The quantitative estimate of drug-likeness (QED) is 0.846. The number of nitrogens with one attached hydrogen (secondary N) is 1. The summed E-state index contributed by atoms with van der Waals surface area (Å²) in [7, 11) is 0. The molecule has 0 aliphatic carbocycles. The molecule has 0 bridgehead atoms. The maximum absolute atomic E-state index is 9.72. The largest absolute Gasteiger partial charge is 0.508 e. The number of benzene rings is 2. The van der Waals surface area contributed by atoms with Crippen molar-refractivity contribution in [3.05, 3.63) is 58.1 Å². The molecule has 0 aliphatic heterocycles. The highest BCUT2D eigenvalue weighted by molar-refractivity contribution is 9.10. The minimum Gasteiger partial charge on any atom is -0.508 e. The molecule has 2 rings (SSSR count). The summed E-state index contributed by atoms with van der Waals surface area (Å²) in [5.41, 5.74) is 2.60. The highest BCUT2D eigenvalue weighted by Gasteiger charge is 2.02. The molecule has 0 spiro atoms. The lowest BCUT2D eigenvalue weighted by atomic mass is 10.2. The molecular formula is C15H12BrNO. The van der Waals surface area contributed by atoms with Crippen LogP contribution < -0.4 is 5.32 Å². The highest BCUT2D eigenvalue weighted by Crippen LogP contribution is 2.23. The van der Waals surface area contributed by atoms with Crippen molar-refractivity contribution in [1.82, 2.24) is 0 Å². The fraction of sp³-hybridized carbons (Fsp3) is 0.0667. The second-order valence-corrected chi connectivity index (χ2v) is 4.77. The fourth-order valence-electron chi connectivity index (χ4n) is 1.61. The van der Waals surface area contributed by atoms with Crippen molar-refractivity contribution in [2.45, 2.75) is 6.54 Å². The molecule has 0 unspecified atom stereocenters. The van der Waals surface area contributed by atoms with Crippen LogP contribution in [-0.4, -0.2) is 5.11 Å². The van der Waals surface area contributed by atoms with E-state index in [1.54, 1.807) is 12.1 Å². The Balaban J connectivity index is 2.11. The van der Waals surface area contributed by atoms with Crippen molar-refractivity contribution in [3.8, 4) is 18.1 Å². The highest BCUT2D eigenvalue weighted by atomic mass is 79.9. The standard InChI is InChI=1S/C15H12BrNO/c1-2-11-4-3-5-14(8-11)17-10-12-9-13(16)6-7-15(12)18/h1,3-9,17-18H,10H2. The van der Waals surface area contributed by atoms with Gasteiger partial charge in [-0.2, -0.15) is 0 Å². The molecule has 2 aromatic rings. The van der Waals surface area contributed by atoms with E-state index < -0.39 is 0 Å². The molecule has 0 heterocycles. The Morgan fingerprint density at radius 1 is 1.22 bits per heavy atom. The van der Waals surface area contributed by atoms with Gasteiger partial charge in [-0.05, 0) is 36.4 Å². The van der Waals surface area contributed by atoms with Crippen LogP contribution in [0.1, 0.15) is 11.1 Å². The van der Waals surface area contributed by atoms with Gasteiger partial charge in [0.2, 0.25) is 0 Å². The first-order chi connectivity index (χ1) is 8.69. The average Bonchev–Trinajstić information content (AvgIpc) is 2.40. The summed E-state index contributed by atoms with van der Waals surface area (Å²) in [5.74, 6) is 2.87. The van der Waals surface area contributed by atoms with Crippen LogP contribution in [0, 0.1) is 12.3 Å². The summed E-state index contributed by atoms with van der Waals surface area (Å²) < 4.78 is 0.939. The van der Waals surface area contributed by atoms with E-state index >= 15 is 0 Å². The molecule has 2 N–H and O–H groups in total. The first-order valence-electron chi connectivity index (χ1n) is 5.47. The minimum atomic E-state index is 0.277. The van der Waals surface area contributed by atoms with Crippen molar-refractivity contribution in [2.75, 3.05) is 5.32 Å². The molecule has 0 radical (unpaired) electrons. The minimum absolute atomic E-state index is 0.277. The topological polar surface area (TPSA) is 32.3 Å². The monoisotopic (exact) mass is 301 g/mol. The number of halogens is 1. The van der Waals surface area contributed by atoms with Gasteiger partial charge in [0.15, 0.2) is 0 Å². The molecule has 0 amide bonds. The van der Waals surface area contributed by atoms with Gasteiger partial charge in [-0.1, -0.05) is 27.9 Å². The fourth-order valence-corrected chi connectivity index (χ4v) is 2.02. The van der Waals surface area contributed by atoms with E-state index in [4.69, 9.17) is 6.42 Å². The van der Waals surface area contributed by atoms with Crippen LogP contribution in [0.2, 0.25) is 0 Å². The summed E-state index contributed by atoms with van der Waals surface area (Å²) in [6.07, 6.45) is 5.35. The van der Waals surface area contributed by atoms with E-state index in [-0.39, 0.29) is 5.75 Å². The SMILES string of the molecule is C#Cc1cccc(NCc2cc(Br)ccc2O)c1. The average molecular weight is 302 g/mol. The van der Waals surface area contributed by atoms with Gasteiger partial charge in [0.05, 0.1) is 0 Å². The van der Waals surface area contributed by atoms with Gasteiger partial charge >= 0.3 is 0 Å². The predicted octanol–water partition coefficient (Wildman–Crippen LogP) is 3.75. The summed E-state index contributed by atoms with van der Waals surface area (Å²) in [6.45, 7) is 0.541. The Labute approximate surface area is 115 Å². The van der Waals surface area contributed by atoms with Crippen molar-refractivity contribution < 1.29 is 5.11 Å². The Morgan fingerprint density at radius 3 is 2.83 bits per heavy atom. The molecule has 18 heavy (non-hydrogen) atoms. The van der Waals surface area contributed by atoms with Crippen LogP contribution in [0.4, 0.5) is 5.69 Å². The van der Waals surface area contributed by atoms with Gasteiger partial charge in [0.1, 0.15) is 5.75 Å². The second-order valence-electron chi connectivity index (χ2n) is 3.85. The number of phenols is 1. The zero-order chi connectivity index (χ0) is 13.0. The Hall–Kier alpha value is -1.92. The molecule has 2 nitrogen and oxygen atoms in total. The Morgan fingerprint density at radius 2 is 2.06 bits per heavy atom. The van der Waals surface area contributed by atoms with Crippen LogP contribution in [0.3, 0.4) is 0 Å². The molecule has 0 fully saturated rings. The van der Waals surface area contributed by atoms with E-state index in [2.05, 4.69) is 27.2 Å². The van der Waals surface area contributed by atoms with Gasteiger partial charge < -0.3 is 10.4 Å². The third kappa shape index (κ3) is 3.06. The second kappa shape index (κ2) is 5.61. The van der Waals surface area contributed by atoms with Crippen molar-refractivity contribution in [3.63, 3.8) is 0 Å². The van der Waals surface area contributed by atoms with E-state index in [0.717, 1.165) is 21.3 Å². The first kappa shape index (κ1) is 12.5. The lowest BCUT2D eigenvalue weighted by Gasteiger charge is -2.09. The smallest absolute Gasteiger partial charge is 0.120 e. The lowest BCUT2D eigenvalue weighted by molar-refractivity contribution is 0.469. The maximum Gasteiger partial charge on any atom is 0.120 e. The predicted molar refractivity (Wildman–Crippen MR) is 77.5 cm³/mol. The van der Waals surface area contributed by atoms with Gasteiger partial charge in [0, 0.05) is 27.8 Å². The number of hydrogen-bond donors (Lipinski definition) is 2. The zero-order valence-electron chi connectivity index (χ0n) is 9.65. The molecule has 3 heteroatoms. The van der Waals surface area contributed by atoms with Crippen LogP contribution >= 0.6 is 15.9 Å².